The van der Waals surface area contributed by atoms with Crippen LogP contribution in [0.1, 0.15) is 17.0 Å². The first-order chi connectivity index (χ1) is 19.5. The Labute approximate surface area is 238 Å². The molecule has 5 aromatic rings. The van der Waals surface area contributed by atoms with Crippen molar-refractivity contribution in [1.29, 1.82) is 0 Å². The van der Waals surface area contributed by atoms with E-state index < -0.39 is 0 Å². The quantitative estimate of drug-likeness (QED) is 0.221. The van der Waals surface area contributed by atoms with Gasteiger partial charge in [0.1, 0.15) is 11.3 Å². The summed E-state index contributed by atoms with van der Waals surface area (Å²) < 4.78 is 5.64. The molecule has 0 unspecified atom stereocenters. The molecule has 3 N–H and O–H groups in total. The third-order valence-electron chi connectivity index (χ3n) is 7.21. The summed E-state index contributed by atoms with van der Waals surface area (Å²) in [5.41, 5.74) is 8.04. The molecule has 1 fully saturated rings. The van der Waals surface area contributed by atoms with Crippen molar-refractivity contribution in [3.8, 4) is 28.3 Å². The number of methoxy groups -OCH3 is 1. The van der Waals surface area contributed by atoms with Crippen LogP contribution in [-0.2, 0) is 6.54 Å². The number of nitrogens with zero attached hydrogens (tertiary/aromatic N) is 4. The Morgan fingerprint density at radius 3 is 2.52 bits per heavy atom. The lowest BCUT2D eigenvalue weighted by Gasteiger charge is -2.28. The van der Waals surface area contributed by atoms with Gasteiger partial charge in [-0.05, 0) is 49.2 Å². The van der Waals surface area contributed by atoms with Crippen LogP contribution in [0.3, 0.4) is 0 Å². The zero-order chi connectivity index (χ0) is 27.6. The van der Waals surface area contributed by atoms with Gasteiger partial charge in [0.2, 0.25) is 5.88 Å². The maximum absolute atomic E-state index is 7.07. The SMILES string of the molecule is COc1nc(-c2cccc(-c3cccc(Nc4nc(C)nc5cccnc45)c3C)c2Cl)ccc1CNC1CNC1. The monoisotopic (exact) mass is 551 g/mol. The highest BCUT2D eigenvalue weighted by molar-refractivity contribution is 6.36. The lowest BCUT2D eigenvalue weighted by atomic mass is 9.96. The van der Waals surface area contributed by atoms with Gasteiger partial charge in [-0.1, -0.05) is 48.0 Å². The molecule has 2 aromatic carbocycles. The molecule has 1 saturated heterocycles. The number of benzene rings is 2. The minimum absolute atomic E-state index is 0.484. The highest BCUT2D eigenvalue weighted by Crippen LogP contribution is 2.39. The Bertz CT molecular complexity index is 1700. The third-order valence-corrected chi connectivity index (χ3v) is 7.62. The van der Waals surface area contributed by atoms with E-state index in [0.29, 0.717) is 35.1 Å². The summed E-state index contributed by atoms with van der Waals surface area (Å²) in [5.74, 6) is 1.95. The van der Waals surface area contributed by atoms with Gasteiger partial charge in [-0.15, -0.1) is 0 Å². The molecule has 202 valence electrons. The molecule has 6 rings (SSSR count). The highest BCUT2D eigenvalue weighted by Gasteiger charge is 2.19. The standard InChI is InChI=1S/C31H30ClN7O/c1-18-22(7-5-10-25(18)38-30-29-27(11-6-14-34-29)36-19(2)37-30)23-8-4-9-24(28(23)32)26-13-12-20(31(39-26)40-3)15-35-21-16-33-17-21/h4-14,21,33,35H,15-17H2,1-3H3,(H,36,37,38). The number of pyridine rings is 2. The van der Waals surface area contributed by atoms with Crippen molar-refractivity contribution in [2.24, 2.45) is 0 Å². The van der Waals surface area contributed by atoms with Crippen molar-refractivity contribution in [1.82, 2.24) is 30.6 Å². The molecular weight excluding hydrogens is 522 g/mol. The van der Waals surface area contributed by atoms with Gasteiger partial charge in [0, 0.05) is 54.3 Å². The summed E-state index contributed by atoms with van der Waals surface area (Å²) in [6.45, 7) is 6.62. The average Bonchev–Trinajstić information content (AvgIpc) is 2.94. The topological polar surface area (TPSA) is 96.9 Å². The predicted molar refractivity (Wildman–Crippen MR) is 160 cm³/mol. The predicted octanol–water partition coefficient (Wildman–Crippen LogP) is 5.84. The number of aryl methyl sites for hydroxylation is 1. The van der Waals surface area contributed by atoms with E-state index in [-0.39, 0.29) is 0 Å². The first-order valence-corrected chi connectivity index (χ1v) is 13.6. The van der Waals surface area contributed by atoms with Crippen LogP contribution < -0.4 is 20.7 Å². The molecule has 0 atom stereocenters. The Balaban J connectivity index is 1.33. The maximum atomic E-state index is 7.07. The molecule has 1 aliphatic heterocycles. The van der Waals surface area contributed by atoms with E-state index in [9.17, 15) is 0 Å². The smallest absolute Gasteiger partial charge is 0.218 e. The summed E-state index contributed by atoms with van der Waals surface area (Å²) in [6.07, 6.45) is 1.75. The highest BCUT2D eigenvalue weighted by atomic mass is 35.5. The van der Waals surface area contributed by atoms with Crippen molar-refractivity contribution in [2.45, 2.75) is 26.4 Å². The molecular formula is C31H30ClN7O. The van der Waals surface area contributed by atoms with Gasteiger partial charge in [-0.25, -0.2) is 15.0 Å². The number of anilines is 2. The van der Waals surface area contributed by atoms with Crippen LogP contribution in [0, 0.1) is 13.8 Å². The molecule has 0 spiro atoms. The first kappa shape index (κ1) is 26.1. The minimum atomic E-state index is 0.484. The van der Waals surface area contributed by atoms with E-state index in [1.54, 1.807) is 13.3 Å². The van der Waals surface area contributed by atoms with Gasteiger partial charge in [-0.3, -0.25) is 4.98 Å². The molecule has 40 heavy (non-hydrogen) atoms. The van der Waals surface area contributed by atoms with E-state index in [0.717, 1.165) is 63.3 Å². The van der Waals surface area contributed by atoms with E-state index in [4.69, 9.17) is 21.3 Å². The number of aromatic nitrogens is 4. The Morgan fingerprint density at radius 2 is 1.73 bits per heavy atom. The first-order valence-electron chi connectivity index (χ1n) is 13.2. The molecule has 8 nitrogen and oxygen atoms in total. The zero-order valence-electron chi connectivity index (χ0n) is 22.6. The van der Waals surface area contributed by atoms with E-state index >= 15 is 0 Å². The van der Waals surface area contributed by atoms with E-state index in [1.165, 1.54) is 0 Å². The molecule has 0 radical (unpaired) electrons. The van der Waals surface area contributed by atoms with Crippen LogP contribution in [0.2, 0.25) is 5.02 Å². The van der Waals surface area contributed by atoms with Gasteiger partial charge < -0.3 is 20.7 Å². The summed E-state index contributed by atoms with van der Waals surface area (Å²) in [7, 11) is 1.65. The normalized spacial score (nSPS) is 13.3. The fraction of sp³-hybridized carbons (Fsp3) is 0.226. The fourth-order valence-electron chi connectivity index (χ4n) is 4.92. The van der Waals surface area contributed by atoms with Crippen LogP contribution in [0.15, 0.2) is 66.9 Å². The van der Waals surface area contributed by atoms with Crippen molar-refractivity contribution in [2.75, 3.05) is 25.5 Å². The summed E-state index contributed by atoms with van der Waals surface area (Å²) >= 11 is 7.07. The largest absolute Gasteiger partial charge is 0.481 e. The van der Waals surface area contributed by atoms with Crippen LogP contribution in [0.5, 0.6) is 5.88 Å². The van der Waals surface area contributed by atoms with E-state index in [1.807, 2.05) is 55.5 Å². The second-order valence-electron chi connectivity index (χ2n) is 9.86. The zero-order valence-corrected chi connectivity index (χ0v) is 23.4. The van der Waals surface area contributed by atoms with Gasteiger partial charge in [0.15, 0.2) is 5.82 Å². The van der Waals surface area contributed by atoms with Gasteiger partial charge in [0.05, 0.1) is 23.3 Å². The van der Waals surface area contributed by atoms with Crippen LogP contribution >= 0.6 is 11.6 Å². The van der Waals surface area contributed by atoms with Crippen LogP contribution in [0.25, 0.3) is 33.4 Å². The summed E-state index contributed by atoms with van der Waals surface area (Å²) in [4.78, 5) is 18.5. The van der Waals surface area contributed by atoms with Crippen LogP contribution in [0.4, 0.5) is 11.5 Å². The van der Waals surface area contributed by atoms with Crippen LogP contribution in [-0.4, -0.2) is 46.2 Å². The second kappa shape index (κ2) is 11.2. The molecule has 9 heteroatoms. The maximum Gasteiger partial charge on any atom is 0.218 e. The fourth-order valence-corrected chi connectivity index (χ4v) is 5.24. The van der Waals surface area contributed by atoms with Gasteiger partial charge >= 0.3 is 0 Å². The molecule has 0 bridgehead atoms. The molecule has 0 aliphatic carbocycles. The number of nitrogens with one attached hydrogen (secondary N) is 3. The van der Waals surface area contributed by atoms with Crippen molar-refractivity contribution >= 4 is 34.1 Å². The molecule has 0 saturated carbocycles. The number of halogens is 1. The molecule has 1 aliphatic rings. The van der Waals surface area contributed by atoms with Gasteiger partial charge in [-0.2, -0.15) is 0 Å². The molecule has 3 aromatic heterocycles. The Kier molecular flexibility index (Phi) is 7.30. The number of ether oxygens (including phenoxy) is 1. The lowest BCUT2D eigenvalue weighted by molar-refractivity contribution is 0.355. The number of hydrogen-bond acceptors (Lipinski definition) is 8. The number of rotatable bonds is 8. The third kappa shape index (κ3) is 5.09. The Hall–Kier alpha value is -4.11. The van der Waals surface area contributed by atoms with Gasteiger partial charge in [0.25, 0.3) is 0 Å². The second-order valence-corrected chi connectivity index (χ2v) is 10.2. The average molecular weight is 552 g/mol. The van der Waals surface area contributed by atoms with Crippen molar-refractivity contribution in [3.63, 3.8) is 0 Å². The lowest BCUT2D eigenvalue weighted by Crippen LogP contribution is -2.55. The molecule has 4 heterocycles. The Morgan fingerprint density at radius 1 is 0.925 bits per heavy atom. The number of hydrogen-bond donors (Lipinski definition) is 3. The summed E-state index contributed by atoms with van der Waals surface area (Å²) in [5, 5.41) is 10.9. The minimum Gasteiger partial charge on any atom is -0.481 e. The number of fused-ring (bicyclic) bond motifs is 1. The van der Waals surface area contributed by atoms with Crippen molar-refractivity contribution in [3.05, 3.63) is 88.8 Å². The summed E-state index contributed by atoms with van der Waals surface area (Å²) in [6, 6.07) is 20.5. The van der Waals surface area contributed by atoms with Crippen molar-refractivity contribution < 1.29 is 4.74 Å². The van der Waals surface area contributed by atoms with E-state index in [2.05, 4.69) is 50.0 Å². The molecule has 0 amide bonds.